The molecule has 2 aromatic rings. The molecule has 0 bridgehead atoms. The van der Waals surface area contributed by atoms with Crippen molar-refractivity contribution in [3.63, 3.8) is 0 Å². The van der Waals surface area contributed by atoms with E-state index in [0.29, 0.717) is 12.2 Å². The zero-order valence-corrected chi connectivity index (χ0v) is 13.5. The molecular weight excluding hydrogens is 295 g/mol. The normalized spacial score (nSPS) is 14.2. The van der Waals surface area contributed by atoms with E-state index >= 15 is 0 Å². The monoisotopic (exact) mass is 316 g/mol. The molecule has 0 aliphatic carbocycles. The van der Waals surface area contributed by atoms with E-state index in [1.807, 2.05) is 6.07 Å². The largest absolute Gasteiger partial charge is 0.351 e. The maximum Gasteiger partial charge on any atom is 0.296 e. The fourth-order valence-electron chi connectivity index (χ4n) is 3.23. The van der Waals surface area contributed by atoms with E-state index < -0.39 is 0 Å². The topological polar surface area (TPSA) is 46.3 Å². The van der Waals surface area contributed by atoms with Crippen molar-refractivity contribution in [3.05, 3.63) is 47.1 Å². The minimum Gasteiger partial charge on any atom is -0.351 e. The van der Waals surface area contributed by atoms with E-state index in [9.17, 15) is 9.18 Å². The van der Waals surface area contributed by atoms with Crippen molar-refractivity contribution in [1.29, 1.82) is 0 Å². The van der Waals surface area contributed by atoms with Crippen molar-refractivity contribution in [2.45, 2.75) is 45.4 Å². The number of hydrogen-bond acceptors (Lipinski definition) is 3. The quantitative estimate of drug-likeness (QED) is 0.844. The molecule has 3 rings (SSSR count). The summed E-state index contributed by atoms with van der Waals surface area (Å²) in [5.74, 6) is -0.218. The lowest BCUT2D eigenvalue weighted by Gasteiger charge is -2.28. The molecule has 122 valence electrons. The van der Waals surface area contributed by atoms with Crippen molar-refractivity contribution in [1.82, 2.24) is 5.16 Å². The van der Waals surface area contributed by atoms with Crippen LogP contribution in [-0.2, 0) is 6.42 Å². The first-order valence-electron chi connectivity index (χ1n) is 8.21. The van der Waals surface area contributed by atoms with Gasteiger partial charge in [0.05, 0.1) is 11.4 Å². The van der Waals surface area contributed by atoms with Crippen LogP contribution in [0.4, 0.5) is 10.1 Å². The summed E-state index contributed by atoms with van der Waals surface area (Å²) in [4.78, 5) is 14.2. The summed E-state index contributed by atoms with van der Waals surface area (Å²) in [5, 5.41) is 4.04. The molecule has 2 heterocycles. The second kappa shape index (κ2) is 6.52. The molecule has 0 atom stereocenters. The molecule has 0 N–H and O–H groups in total. The number of carbonyl (C=O) groups excluding carboxylic acids is 1. The van der Waals surface area contributed by atoms with Gasteiger partial charge in [0.25, 0.3) is 5.91 Å². The minimum absolute atomic E-state index is 0.183. The van der Waals surface area contributed by atoms with Gasteiger partial charge >= 0.3 is 0 Å². The fourth-order valence-corrected chi connectivity index (χ4v) is 3.23. The van der Waals surface area contributed by atoms with Gasteiger partial charge in [-0.3, -0.25) is 4.79 Å². The molecule has 0 saturated carbocycles. The smallest absolute Gasteiger partial charge is 0.296 e. The zero-order valence-electron chi connectivity index (χ0n) is 13.5. The van der Waals surface area contributed by atoms with E-state index in [4.69, 9.17) is 4.52 Å². The van der Waals surface area contributed by atoms with Gasteiger partial charge in [-0.25, -0.2) is 4.39 Å². The lowest BCUT2D eigenvalue weighted by molar-refractivity contribution is 0.0948. The third-order valence-corrected chi connectivity index (χ3v) is 4.56. The number of aromatic nitrogens is 1. The number of anilines is 1. The van der Waals surface area contributed by atoms with Crippen LogP contribution in [-0.4, -0.2) is 17.6 Å². The zero-order chi connectivity index (χ0) is 16.4. The summed E-state index contributed by atoms with van der Waals surface area (Å²) < 4.78 is 19.5. The second-order valence-corrected chi connectivity index (χ2v) is 5.94. The average Bonchev–Trinajstić information content (AvgIpc) is 3.05. The molecule has 0 saturated heterocycles. The van der Waals surface area contributed by atoms with Crippen molar-refractivity contribution in [3.8, 4) is 0 Å². The van der Waals surface area contributed by atoms with Gasteiger partial charge < -0.3 is 9.42 Å². The van der Waals surface area contributed by atoms with Gasteiger partial charge in [-0.05, 0) is 37.3 Å². The summed E-state index contributed by atoms with van der Waals surface area (Å²) in [6.45, 7) is 4.66. The highest BCUT2D eigenvalue weighted by atomic mass is 19.1. The van der Waals surface area contributed by atoms with Crippen molar-refractivity contribution in [2.24, 2.45) is 0 Å². The number of fused-ring (bicyclic) bond motifs is 1. The third kappa shape index (κ3) is 2.87. The van der Waals surface area contributed by atoms with Gasteiger partial charge in [0.15, 0.2) is 0 Å². The molecule has 1 amide bonds. The average molecular weight is 316 g/mol. The summed E-state index contributed by atoms with van der Waals surface area (Å²) >= 11 is 0. The Balaban J connectivity index is 1.91. The summed E-state index contributed by atoms with van der Waals surface area (Å²) in [6.07, 6.45) is 3.48. The van der Waals surface area contributed by atoms with Crippen LogP contribution in [0.15, 0.2) is 28.8 Å². The lowest BCUT2D eigenvalue weighted by Crippen LogP contribution is -2.36. The number of benzene rings is 1. The number of aryl methyl sites for hydroxylation is 1. The SMILES string of the molecule is CCC(CC)c1cc(C(=O)N2CCCc3cccc(F)c32)on1. The van der Waals surface area contributed by atoms with E-state index in [0.717, 1.165) is 36.9 Å². The molecule has 0 spiro atoms. The van der Waals surface area contributed by atoms with Gasteiger partial charge in [-0.1, -0.05) is 31.1 Å². The Morgan fingerprint density at radius 2 is 2.17 bits per heavy atom. The Morgan fingerprint density at radius 1 is 1.39 bits per heavy atom. The molecule has 5 heteroatoms. The van der Waals surface area contributed by atoms with Gasteiger partial charge in [-0.15, -0.1) is 0 Å². The second-order valence-electron chi connectivity index (χ2n) is 5.94. The molecule has 1 aromatic heterocycles. The van der Waals surface area contributed by atoms with Crippen molar-refractivity contribution < 1.29 is 13.7 Å². The number of amides is 1. The van der Waals surface area contributed by atoms with E-state index in [1.165, 1.54) is 11.0 Å². The van der Waals surface area contributed by atoms with E-state index in [-0.39, 0.29) is 23.4 Å². The van der Waals surface area contributed by atoms with Crippen LogP contribution in [0.25, 0.3) is 0 Å². The van der Waals surface area contributed by atoms with Gasteiger partial charge in [0.1, 0.15) is 5.82 Å². The number of para-hydroxylation sites is 1. The summed E-state index contributed by atoms with van der Waals surface area (Å²) in [6, 6.07) is 6.64. The van der Waals surface area contributed by atoms with E-state index in [1.54, 1.807) is 12.1 Å². The maximum absolute atomic E-state index is 14.2. The van der Waals surface area contributed by atoms with Gasteiger partial charge in [-0.2, -0.15) is 0 Å². The fraction of sp³-hybridized carbons (Fsp3) is 0.444. The van der Waals surface area contributed by atoms with Crippen LogP contribution in [0.5, 0.6) is 0 Å². The molecule has 0 unspecified atom stereocenters. The molecular formula is C18H21FN2O2. The number of nitrogens with zero attached hydrogens (tertiary/aromatic N) is 2. The van der Waals surface area contributed by atoms with Crippen LogP contribution < -0.4 is 4.90 Å². The molecule has 0 fully saturated rings. The predicted octanol–water partition coefficient (Wildman–Crippen LogP) is 4.31. The standard InChI is InChI=1S/C18H21FN2O2/c1-3-12(4-2)15-11-16(23-20-15)18(22)21-10-6-8-13-7-5-9-14(19)17(13)21/h5,7,9,11-12H,3-4,6,8,10H2,1-2H3. The Kier molecular flexibility index (Phi) is 4.46. The Morgan fingerprint density at radius 3 is 2.91 bits per heavy atom. The van der Waals surface area contributed by atoms with Gasteiger partial charge in [0.2, 0.25) is 5.76 Å². The lowest BCUT2D eigenvalue weighted by atomic mass is 9.99. The van der Waals surface area contributed by atoms with Crippen LogP contribution in [0.2, 0.25) is 0 Å². The first-order valence-corrected chi connectivity index (χ1v) is 8.21. The number of halogens is 1. The minimum atomic E-state index is -0.365. The number of hydrogen-bond donors (Lipinski definition) is 0. The summed E-state index contributed by atoms with van der Waals surface area (Å²) in [5.41, 5.74) is 2.04. The summed E-state index contributed by atoms with van der Waals surface area (Å²) in [7, 11) is 0. The molecule has 1 aliphatic rings. The molecule has 4 nitrogen and oxygen atoms in total. The molecule has 1 aromatic carbocycles. The van der Waals surface area contributed by atoms with Crippen LogP contribution >= 0.6 is 0 Å². The third-order valence-electron chi connectivity index (χ3n) is 4.56. The van der Waals surface area contributed by atoms with Gasteiger partial charge in [0, 0.05) is 18.5 Å². The van der Waals surface area contributed by atoms with Crippen LogP contribution in [0.1, 0.15) is 60.8 Å². The first kappa shape index (κ1) is 15.7. The van der Waals surface area contributed by atoms with Crippen LogP contribution in [0.3, 0.4) is 0 Å². The molecule has 1 aliphatic heterocycles. The predicted molar refractivity (Wildman–Crippen MR) is 86.2 cm³/mol. The molecule has 23 heavy (non-hydrogen) atoms. The first-order chi connectivity index (χ1) is 11.2. The number of carbonyl (C=O) groups is 1. The maximum atomic E-state index is 14.2. The molecule has 0 radical (unpaired) electrons. The Bertz CT molecular complexity index is 707. The van der Waals surface area contributed by atoms with E-state index in [2.05, 4.69) is 19.0 Å². The highest BCUT2D eigenvalue weighted by molar-refractivity contribution is 6.05. The van der Waals surface area contributed by atoms with Crippen molar-refractivity contribution >= 4 is 11.6 Å². The highest BCUT2D eigenvalue weighted by Crippen LogP contribution is 2.31. The van der Waals surface area contributed by atoms with Crippen LogP contribution in [0, 0.1) is 5.82 Å². The Hall–Kier alpha value is -2.17. The van der Waals surface area contributed by atoms with Crippen molar-refractivity contribution in [2.75, 3.05) is 11.4 Å². The Labute approximate surface area is 135 Å². The highest BCUT2D eigenvalue weighted by Gasteiger charge is 2.29. The number of rotatable bonds is 4.